The number of hydrogen-bond donors (Lipinski definition) is 1. The van der Waals surface area contributed by atoms with Gasteiger partial charge in [0, 0.05) is 11.2 Å². The molecule has 0 spiro atoms. The van der Waals surface area contributed by atoms with Crippen LogP contribution in [0.1, 0.15) is 22.9 Å². The van der Waals surface area contributed by atoms with Crippen LogP contribution in [0.4, 0.5) is 10.1 Å². The Morgan fingerprint density at radius 2 is 1.92 bits per heavy atom. The van der Waals surface area contributed by atoms with Gasteiger partial charge in [0.15, 0.2) is 0 Å². The smallest absolute Gasteiger partial charge is 0.143 e. The molecule has 118 valence electrons. The third-order valence-electron chi connectivity index (χ3n) is 3.59. The van der Waals surface area contributed by atoms with Crippen molar-refractivity contribution in [2.75, 3.05) is 5.32 Å². The molecule has 0 aliphatic rings. The first-order valence-electron chi connectivity index (χ1n) is 7.30. The third-order valence-corrected chi connectivity index (χ3v) is 3.83. The molecule has 1 atom stereocenters. The van der Waals surface area contributed by atoms with Crippen LogP contribution in [0.3, 0.4) is 0 Å². The van der Waals surface area contributed by atoms with E-state index in [2.05, 4.69) is 10.3 Å². The fourth-order valence-electron chi connectivity index (χ4n) is 2.47. The molecule has 3 rings (SSSR count). The van der Waals surface area contributed by atoms with Crippen LogP contribution in [0.2, 0.25) is 5.02 Å². The lowest BCUT2D eigenvalue weighted by molar-refractivity contribution is 0.624. The Labute approximate surface area is 144 Å². The first-order valence-corrected chi connectivity index (χ1v) is 7.68. The number of nitriles is 1. The molecule has 5 heteroatoms. The zero-order chi connectivity index (χ0) is 16.9. The molecule has 0 saturated heterocycles. The third kappa shape index (κ3) is 3.37. The number of halogens is 2. The summed E-state index contributed by atoms with van der Waals surface area (Å²) in [5.74, 6) is -0.562. The minimum absolute atomic E-state index is 0.0274. The molecule has 3 nitrogen and oxygen atoms in total. The molecule has 0 radical (unpaired) electrons. The summed E-state index contributed by atoms with van der Waals surface area (Å²) in [6.45, 7) is 0. The normalized spacial score (nSPS) is 11.5. The van der Waals surface area contributed by atoms with Crippen molar-refractivity contribution in [1.29, 1.82) is 5.26 Å². The molecule has 0 fully saturated rings. The Kier molecular flexibility index (Phi) is 4.74. The fraction of sp³-hybridized carbons (Fsp3) is 0.0526. The number of nitrogens with zero attached hydrogens (tertiary/aromatic N) is 2. The van der Waals surface area contributed by atoms with Gasteiger partial charge in [0.2, 0.25) is 0 Å². The van der Waals surface area contributed by atoms with Gasteiger partial charge in [0.25, 0.3) is 0 Å². The number of benzene rings is 2. The molecule has 24 heavy (non-hydrogen) atoms. The Hall–Kier alpha value is -2.90. The highest BCUT2D eigenvalue weighted by Crippen LogP contribution is 2.29. The zero-order valence-electron chi connectivity index (χ0n) is 12.6. The predicted octanol–water partition coefficient (Wildman–Crippen LogP) is 4.95. The first kappa shape index (κ1) is 16.0. The largest absolute Gasteiger partial charge is 0.372 e. The van der Waals surface area contributed by atoms with Crippen LogP contribution in [-0.4, -0.2) is 4.98 Å². The molecule has 1 N–H and O–H groups in total. The molecule has 0 bridgehead atoms. The standard InChI is InChI=1S/C19H13ClFN3/c20-14-6-3-5-13(11-14)19(18-8-1-2-10-23-18)24-17-9-4-7-16(21)15(17)12-22/h1-11,19,24H. The molecule has 0 aliphatic carbocycles. The summed E-state index contributed by atoms with van der Waals surface area (Å²) in [6.07, 6.45) is 1.69. The van der Waals surface area contributed by atoms with E-state index in [0.717, 1.165) is 11.3 Å². The second-order valence-corrected chi connectivity index (χ2v) is 5.60. The highest BCUT2D eigenvalue weighted by Gasteiger charge is 2.18. The van der Waals surface area contributed by atoms with Gasteiger partial charge in [-0.15, -0.1) is 0 Å². The van der Waals surface area contributed by atoms with Gasteiger partial charge in [-0.2, -0.15) is 5.26 Å². The Balaban J connectivity index is 2.07. The van der Waals surface area contributed by atoms with E-state index >= 15 is 0 Å². The van der Waals surface area contributed by atoms with Gasteiger partial charge >= 0.3 is 0 Å². The Morgan fingerprint density at radius 1 is 1.08 bits per heavy atom. The summed E-state index contributed by atoms with van der Waals surface area (Å²) in [4.78, 5) is 4.38. The molecular formula is C19H13ClFN3. The van der Waals surface area contributed by atoms with Gasteiger partial charge < -0.3 is 5.32 Å². The van der Waals surface area contributed by atoms with Gasteiger partial charge in [-0.3, -0.25) is 4.98 Å². The van der Waals surface area contributed by atoms with E-state index in [1.165, 1.54) is 6.07 Å². The minimum atomic E-state index is -0.562. The van der Waals surface area contributed by atoms with Crippen LogP contribution < -0.4 is 5.32 Å². The van der Waals surface area contributed by atoms with Crippen LogP contribution in [0.5, 0.6) is 0 Å². The molecule has 1 heterocycles. The number of anilines is 1. The van der Waals surface area contributed by atoms with Crippen LogP contribution in [0.25, 0.3) is 0 Å². The number of rotatable bonds is 4. The summed E-state index contributed by atoms with van der Waals surface area (Å²) < 4.78 is 13.9. The van der Waals surface area contributed by atoms with Crippen LogP contribution in [0.15, 0.2) is 66.9 Å². The van der Waals surface area contributed by atoms with Crippen molar-refractivity contribution in [2.24, 2.45) is 0 Å². The van der Waals surface area contributed by atoms with E-state index in [1.807, 2.05) is 42.5 Å². The average molecular weight is 338 g/mol. The van der Waals surface area contributed by atoms with Gasteiger partial charge in [0.1, 0.15) is 17.4 Å². The van der Waals surface area contributed by atoms with Gasteiger partial charge in [-0.25, -0.2) is 4.39 Å². The topological polar surface area (TPSA) is 48.7 Å². The number of nitrogens with one attached hydrogen (secondary N) is 1. The second kappa shape index (κ2) is 7.12. The van der Waals surface area contributed by atoms with E-state index in [0.29, 0.717) is 10.7 Å². The summed E-state index contributed by atoms with van der Waals surface area (Å²) in [5.41, 5.74) is 2.00. The van der Waals surface area contributed by atoms with E-state index < -0.39 is 5.82 Å². The molecule has 0 saturated carbocycles. The molecule has 0 aliphatic heterocycles. The number of hydrogen-bond acceptors (Lipinski definition) is 3. The zero-order valence-corrected chi connectivity index (χ0v) is 13.3. The molecule has 1 aromatic heterocycles. The van der Waals surface area contributed by atoms with Gasteiger partial charge in [-0.05, 0) is 42.0 Å². The maximum absolute atomic E-state index is 13.9. The monoisotopic (exact) mass is 337 g/mol. The first-order chi connectivity index (χ1) is 11.7. The lowest BCUT2D eigenvalue weighted by Gasteiger charge is -2.21. The van der Waals surface area contributed by atoms with Crippen molar-refractivity contribution < 1.29 is 4.39 Å². The van der Waals surface area contributed by atoms with Crippen LogP contribution >= 0.6 is 11.6 Å². The lowest BCUT2D eigenvalue weighted by atomic mass is 10.0. The van der Waals surface area contributed by atoms with E-state index in [1.54, 1.807) is 24.4 Å². The molecule has 0 amide bonds. The summed E-state index contributed by atoms with van der Waals surface area (Å²) >= 11 is 6.10. The maximum Gasteiger partial charge on any atom is 0.143 e. The Morgan fingerprint density at radius 3 is 2.62 bits per heavy atom. The number of pyridine rings is 1. The quantitative estimate of drug-likeness (QED) is 0.733. The van der Waals surface area contributed by atoms with Crippen molar-refractivity contribution in [3.8, 4) is 6.07 Å². The van der Waals surface area contributed by atoms with Crippen molar-refractivity contribution in [2.45, 2.75) is 6.04 Å². The lowest BCUT2D eigenvalue weighted by Crippen LogP contribution is -2.15. The second-order valence-electron chi connectivity index (χ2n) is 5.16. The van der Waals surface area contributed by atoms with Gasteiger partial charge in [-0.1, -0.05) is 35.9 Å². The van der Waals surface area contributed by atoms with Crippen LogP contribution in [-0.2, 0) is 0 Å². The number of aromatic nitrogens is 1. The van der Waals surface area contributed by atoms with E-state index in [9.17, 15) is 9.65 Å². The van der Waals surface area contributed by atoms with Gasteiger partial charge in [0.05, 0.1) is 17.4 Å². The van der Waals surface area contributed by atoms with E-state index in [-0.39, 0.29) is 11.6 Å². The molecule has 1 unspecified atom stereocenters. The SMILES string of the molecule is N#Cc1c(F)cccc1NC(c1cccc(Cl)c1)c1ccccn1. The van der Waals surface area contributed by atoms with E-state index in [4.69, 9.17) is 11.6 Å². The minimum Gasteiger partial charge on any atom is -0.372 e. The summed E-state index contributed by atoms with van der Waals surface area (Å²) in [5, 5.41) is 13.0. The summed E-state index contributed by atoms with van der Waals surface area (Å²) in [7, 11) is 0. The van der Waals surface area contributed by atoms with Crippen molar-refractivity contribution in [3.63, 3.8) is 0 Å². The maximum atomic E-state index is 13.9. The van der Waals surface area contributed by atoms with Crippen molar-refractivity contribution in [3.05, 3.63) is 94.5 Å². The highest BCUT2D eigenvalue weighted by molar-refractivity contribution is 6.30. The Bertz CT molecular complexity index is 891. The molecular weight excluding hydrogens is 325 g/mol. The average Bonchev–Trinajstić information content (AvgIpc) is 2.60. The van der Waals surface area contributed by atoms with Crippen LogP contribution in [0, 0.1) is 17.1 Å². The highest BCUT2D eigenvalue weighted by atomic mass is 35.5. The molecule has 3 aromatic rings. The van der Waals surface area contributed by atoms with Crippen molar-refractivity contribution >= 4 is 17.3 Å². The predicted molar refractivity (Wildman–Crippen MR) is 92.3 cm³/mol. The summed E-state index contributed by atoms with van der Waals surface area (Å²) in [6, 6.07) is 18.9. The fourth-order valence-corrected chi connectivity index (χ4v) is 2.67. The molecule has 2 aromatic carbocycles. The van der Waals surface area contributed by atoms with Crippen molar-refractivity contribution in [1.82, 2.24) is 4.98 Å².